The maximum Gasteiger partial charge on any atom is 0.309 e. The Balaban J connectivity index is 2.09. The third-order valence-corrected chi connectivity index (χ3v) is 4.45. The highest BCUT2D eigenvalue weighted by Crippen LogP contribution is 2.23. The van der Waals surface area contributed by atoms with Crippen molar-refractivity contribution in [1.82, 2.24) is 10.6 Å². The normalized spacial score (nSPS) is 21.8. The Morgan fingerprint density at radius 2 is 1.62 bits per heavy atom. The molecule has 0 unspecified atom stereocenters. The summed E-state index contributed by atoms with van der Waals surface area (Å²) in [6.07, 6.45) is 11.6. The van der Waals surface area contributed by atoms with E-state index >= 15 is 0 Å². The monoisotopic (exact) mass is 296 g/mol. The summed E-state index contributed by atoms with van der Waals surface area (Å²) in [6.45, 7) is 4.96. The van der Waals surface area contributed by atoms with Gasteiger partial charge in [0.05, 0.1) is 0 Å². The first-order valence-corrected chi connectivity index (χ1v) is 8.73. The smallest absolute Gasteiger partial charge is 0.309 e. The van der Waals surface area contributed by atoms with E-state index in [1.807, 2.05) is 0 Å². The minimum absolute atomic E-state index is 0.172. The molecule has 0 aromatic rings. The lowest BCUT2D eigenvalue weighted by atomic mass is 9.86. The van der Waals surface area contributed by atoms with Gasteiger partial charge in [-0.2, -0.15) is 0 Å². The quantitative estimate of drug-likeness (QED) is 0.534. The van der Waals surface area contributed by atoms with Crippen molar-refractivity contribution in [2.75, 3.05) is 6.54 Å². The number of hydrogen-bond donors (Lipinski definition) is 2. The Labute approximate surface area is 129 Å². The minimum atomic E-state index is -0.471. The van der Waals surface area contributed by atoms with E-state index in [1.165, 1.54) is 32.1 Å². The number of carbonyl (C=O) groups is 2. The van der Waals surface area contributed by atoms with Gasteiger partial charge < -0.3 is 10.6 Å². The maximum atomic E-state index is 11.8. The van der Waals surface area contributed by atoms with E-state index in [0.717, 1.165) is 32.1 Å². The lowest BCUT2D eigenvalue weighted by molar-refractivity contribution is -0.140. The third kappa shape index (κ3) is 7.49. The van der Waals surface area contributed by atoms with Crippen LogP contribution in [0, 0.1) is 5.92 Å². The van der Waals surface area contributed by atoms with E-state index in [-0.39, 0.29) is 6.04 Å². The van der Waals surface area contributed by atoms with E-state index in [9.17, 15) is 9.59 Å². The van der Waals surface area contributed by atoms with E-state index in [2.05, 4.69) is 24.5 Å². The summed E-state index contributed by atoms with van der Waals surface area (Å²) in [5.74, 6) is -0.449. The lowest BCUT2D eigenvalue weighted by Crippen LogP contribution is -2.47. The molecule has 0 saturated heterocycles. The van der Waals surface area contributed by atoms with Crippen LogP contribution in [-0.2, 0) is 9.59 Å². The Kier molecular flexibility index (Phi) is 9.11. The summed E-state index contributed by atoms with van der Waals surface area (Å²) >= 11 is 0. The number of unbranched alkanes of at least 4 members (excludes halogenated alkanes) is 5. The first kappa shape index (κ1) is 18.0. The predicted molar refractivity (Wildman–Crippen MR) is 85.9 cm³/mol. The van der Waals surface area contributed by atoms with Crippen molar-refractivity contribution in [3.63, 3.8) is 0 Å². The van der Waals surface area contributed by atoms with Gasteiger partial charge in [0.15, 0.2) is 0 Å². The molecule has 21 heavy (non-hydrogen) atoms. The molecule has 1 fully saturated rings. The van der Waals surface area contributed by atoms with Gasteiger partial charge in [0, 0.05) is 12.6 Å². The van der Waals surface area contributed by atoms with Crippen molar-refractivity contribution >= 4 is 11.8 Å². The zero-order chi connectivity index (χ0) is 15.5. The van der Waals surface area contributed by atoms with Crippen LogP contribution in [0.15, 0.2) is 0 Å². The van der Waals surface area contributed by atoms with Crippen LogP contribution in [0.1, 0.15) is 78.1 Å². The van der Waals surface area contributed by atoms with Crippen molar-refractivity contribution in [3.8, 4) is 0 Å². The van der Waals surface area contributed by atoms with Gasteiger partial charge in [0.2, 0.25) is 0 Å². The average molecular weight is 296 g/mol. The first-order chi connectivity index (χ1) is 10.1. The van der Waals surface area contributed by atoms with Crippen LogP contribution in [0.3, 0.4) is 0 Å². The van der Waals surface area contributed by atoms with E-state index in [4.69, 9.17) is 0 Å². The summed E-state index contributed by atoms with van der Waals surface area (Å²) in [6, 6.07) is 0.172. The highest BCUT2D eigenvalue weighted by Gasteiger charge is 2.25. The molecule has 0 spiro atoms. The number of amides is 2. The zero-order valence-electron chi connectivity index (χ0n) is 13.7. The molecule has 1 rings (SSSR count). The minimum Gasteiger partial charge on any atom is -0.348 e. The number of carbonyl (C=O) groups excluding carboxylic acids is 2. The standard InChI is InChI=1S/C17H32N2O2/c1-3-4-5-6-7-10-13-18-16(20)17(21)19-15-12-9-8-11-14(15)2/h14-15H,3-13H2,1-2H3,(H,18,20)(H,19,21)/t14-,15+/m0/s1. The molecule has 0 aliphatic heterocycles. The highest BCUT2D eigenvalue weighted by atomic mass is 16.2. The Hall–Kier alpha value is -1.06. The molecule has 2 atom stereocenters. The fraction of sp³-hybridized carbons (Fsp3) is 0.882. The molecular weight excluding hydrogens is 264 g/mol. The second-order valence-corrected chi connectivity index (χ2v) is 6.37. The van der Waals surface area contributed by atoms with Crippen LogP contribution in [0.2, 0.25) is 0 Å². The molecule has 0 bridgehead atoms. The Morgan fingerprint density at radius 1 is 0.952 bits per heavy atom. The van der Waals surface area contributed by atoms with Gasteiger partial charge in [0.25, 0.3) is 0 Å². The first-order valence-electron chi connectivity index (χ1n) is 8.73. The lowest BCUT2D eigenvalue weighted by Gasteiger charge is -2.29. The van der Waals surface area contributed by atoms with E-state index in [0.29, 0.717) is 12.5 Å². The van der Waals surface area contributed by atoms with Crippen molar-refractivity contribution in [3.05, 3.63) is 0 Å². The van der Waals surface area contributed by atoms with Gasteiger partial charge in [-0.05, 0) is 25.2 Å². The summed E-state index contributed by atoms with van der Waals surface area (Å²) in [4.78, 5) is 23.6. The molecule has 4 heteroatoms. The second-order valence-electron chi connectivity index (χ2n) is 6.37. The molecule has 122 valence electrons. The predicted octanol–water partition coefficient (Wildman–Crippen LogP) is 3.16. The SMILES string of the molecule is CCCCCCCCNC(=O)C(=O)N[C@@H]1CCCC[C@@H]1C. The Morgan fingerprint density at radius 3 is 2.33 bits per heavy atom. The molecule has 0 aromatic carbocycles. The summed E-state index contributed by atoms with van der Waals surface area (Å²) < 4.78 is 0. The molecule has 1 saturated carbocycles. The van der Waals surface area contributed by atoms with Gasteiger partial charge in [-0.25, -0.2) is 0 Å². The Bertz CT molecular complexity index is 318. The fourth-order valence-corrected chi connectivity index (χ4v) is 2.95. The second kappa shape index (κ2) is 10.6. The number of rotatable bonds is 8. The zero-order valence-corrected chi connectivity index (χ0v) is 13.7. The largest absolute Gasteiger partial charge is 0.348 e. The van der Waals surface area contributed by atoms with Crippen LogP contribution in [-0.4, -0.2) is 24.4 Å². The molecule has 4 nitrogen and oxygen atoms in total. The van der Waals surface area contributed by atoms with Gasteiger partial charge in [-0.3, -0.25) is 9.59 Å². The van der Waals surface area contributed by atoms with Crippen LogP contribution in [0.5, 0.6) is 0 Å². The van der Waals surface area contributed by atoms with Crippen LogP contribution < -0.4 is 10.6 Å². The number of nitrogens with one attached hydrogen (secondary N) is 2. The maximum absolute atomic E-state index is 11.8. The van der Waals surface area contributed by atoms with Gasteiger partial charge in [-0.15, -0.1) is 0 Å². The van der Waals surface area contributed by atoms with E-state index in [1.54, 1.807) is 0 Å². The molecule has 0 heterocycles. The summed E-state index contributed by atoms with van der Waals surface area (Å²) in [7, 11) is 0. The number of hydrogen-bond acceptors (Lipinski definition) is 2. The molecule has 0 radical (unpaired) electrons. The summed E-state index contributed by atoms with van der Waals surface area (Å²) in [5, 5.41) is 5.61. The highest BCUT2D eigenvalue weighted by molar-refractivity contribution is 6.35. The van der Waals surface area contributed by atoms with Crippen molar-refractivity contribution < 1.29 is 9.59 Å². The van der Waals surface area contributed by atoms with Crippen molar-refractivity contribution in [1.29, 1.82) is 0 Å². The van der Waals surface area contributed by atoms with Crippen LogP contribution in [0.25, 0.3) is 0 Å². The van der Waals surface area contributed by atoms with Crippen molar-refractivity contribution in [2.24, 2.45) is 5.92 Å². The van der Waals surface area contributed by atoms with Gasteiger partial charge >= 0.3 is 11.8 Å². The fourth-order valence-electron chi connectivity index (χ4n) is 2.95. The summed E-state index contributed by atoms with van der Waals surface area (Å²) in [5.41, 5.74) is 0. The van der Waals surface area contributed by atoms with Gasteiger partial charge in [0.1, 0.15) is 0 Å². The van der Waals surface area contributed by atoms with E-state index < -0.39 is 11.8 Å². The molecule has 1 aliphatic rings. The average Bonchev–Trinajstić information content (AvgIpc) is 2.48. The third-order valence-electron chi connectivity index (χ3n) is 4.45. The molecule has 0 aromatic heterocycles. The topological polar surface area (TPSA) is 58.2 Å². The van der Waals surface area contributed by atoms with Crippen LogP contribution >= 0.6 is 0 Å². The molecule has 1 aliphatic carbocycles. The van der Waals surface area contributed by atoms with Crippen LogP contribution in [0.4, 0.5) is 0 Å². The van der Waals surface area contributed by atoms with Gasteiger partial charge in [-0.1, -0.05) is 58.8 Å². The van der Waals surface area contributed by atoms with Crippen molar-refractivity contribution in [2.45, 2.75) is 84.1 Å². The molecule has 2 N–H and O–H groups in total. The molecule has 2 amide bonds. The molecular formula is C17H32N2O2.